The summed E-state index contributed by atoms with van der Waals surface area (Å²) in [6.07, 6.45) is -0.374. The SMILES string of the molecule is C[C@@H](CN(C)c1ccccc1)NC(=O)OC(C)(C)C. The van der Waals surface area contributed by atoms with E-state index in [1.807, 2.05) is 65.1 Å². The summed E-state index contributed by atoms with van der Waals surface area (Å²) in [6, 6.07) is 10.1. The quantitative estimate of drug-likeness (QED) is 0.909. The van der Waals surface area contributed by atoms with Gasteiger partial charge in [-0.1, -0.05) is 18.2 Å². The zero-order valence-electron chi connectivity index (χ0n) is 12.4. The first kappa shape index (κ1) is 15.3. The van der Waals surface area contributed by atoms with Crippen LogP contribution in [0.4, 0.5) is 10.5 Å². The van der Waals surface area contributed by atoms with Gasteiger partial charge in [-0.05, 0) is 39.8 Å². The zero-order valence-corrected chi connectivity index (χ0v) is 12.4. The summed E-state index contributed by atoms with van der Waals surface area (Å²) in [5.74, 6) is 0. The minimum atomic E-state index is -0.463. The van der Waals surface area contributed by atoms with Gasteiger partial charge < -0.3 is 15.0 Å². The number of hydrogen-bond donors (Lipinski definition) is 1. The molecule has 0 aliphatic heterocycles. The molecule has 0 aliphatic rings. The van der Waals surface area contributed by atoms with Crippen LogP contribution in [0.2, 0.25) is 0 Å². The van der Waals surface area contributed by atoms with Gasteiger partial charge in [0, 0.05) is 25.3 Å². The number of amides is 1. The minimum absolute atomic E-state index is 0.0139. The van der Waals surface area contributed by atoms with E-state index in [9.17, 15) is 4.79 Å². The molecular formula is C15H24N2O2. The maximum atomic E-state index is 11.6. The van der Waals surface area contributed by atoms with Gasteiger partial charge in [0.25, 0.3) is 0 Å². The highest BCUT2D eigenvalue weighted by Gasteiger charge is 2.18. The summed E-state index contributed by atoms with van der Waals surface area (Å²) in [5, 5.41) is 2.83. The molecule has 0 heterocycles. The first-order chi connectivity index (χ1) is 8.78. The predicted molar refractivity (Wildman–Crippen MR) is 78.5 cm³/mol. The maximum absolute atomic E-state index is 11.6. The Labute approximate surface area is 115 Å². The second-order valence-corrected chi connectivity index (χ2v) is 5.76. The van der Waals surface area contributed by atoms with Gasteiger partial charge in [0.1, 0.15) is 5.60 Å². The average Bonchev–Trinajstić information content (AvgIpc) is 2.27. The second-order valence-electron chi connectivity index (χ2n) is 5.76. The third kappa shape index (κ3) is 6.13. The van der Waals surface area contributed by atoms with Crippen LogP contribution in [0.1, 0.15) is 27.7 Å². The molecule has 1 rings (SSSR count). The summed E-state index contributed by atoms with van der Waals surface area (Å²) in [5.41, 5.74) is 0.662. The maximum Gasteiger partial charge on any atom is 0.407 e. The van der Waals surface area contributed by atoms with E-state index < -0.39 is 5.60 Å². The summed E-state index contributed by atoms with van der Waals surface area (Å²) in [7, 11) is 2.00. The molecule has 19 heavy (non-hydrogen) atoms. The van der Waals surface area contributed by atoms with Crippen LogP contribution in [0.3, 0.4) is 0 Å². The fraction of sp³-hybridized carbons (Fsp3) is 0.533. The summed E-state index contributed by atoms with van der Waals surface area (Å²) >= 11 is 0. The van der Waals surface area contributed by atoms with E-state index >= 15 is 0 Å². The van der Waals surface area contributed by atoms with Gasteiger partial charge in [0.05, 0.1) is 0 Å². The van der Waals surface area contributed by atoms with Crippen LogP contribution in [0.15, 0.2) is 30.3 Å². The number of para-hydroxylation sites is 1. The summed E-state index contributed by atoms with van der Waals surface area (Å²) < 4.78 is 5.23. The Kier molecular flexibility index (Phi) is 5.21. The zero-order chi connectivity index (χ0) is 14.5. The Bertz CT molecular complexity index is 398. The highest BCUT2D eigenvalue weighted by molar-refractivity contribution is 5.68. The van der Waals surface area contributed by atoms with Gasteiger partial charge in [0.2, 0.25) is 0 Å². The number of rotatable bonds is 4. The monoisotopic (exact) mass is 264 g/mol. The van der Waals surface area contributed by atoms with Crippen molar-refractivity contribution >= 4 is 11.8 Å². The fourth-order valence-electron chi connectivity index (χ4n) is 1.75. The van der Waals surface area contributed by atoms with Crippen LogP contribution in [0, 0.1) is 0 Å². The van der Waals surface area contributed by atoms with E-state index in [2.05, 4.69) is 10.2 Å². The van der Waals surface area contributed by atoms with Gasteiger partial charge in [-0.15, -0.1) is 0 Å². The summed E-state index contributed by atoms with van der Waals surface area (Å²) in [4.78, 5) is 13.7. The molecule has 4 heteroatoms. The Morgan fingerprint density at radius 3 is 2.42 bits per heavy atom. The Morgan fingerprint density at radius 2 is 1.89 bits per heavy atom. The number of benzene rings is 1. The lowest BCUT2D eigenvalue weighted by atomic mass is 10.2. The minimum Gasteiger partial charge on any atom is -0.444 e. The lowest BCUT2D eigenvalue weighted by Gasteiger charge is -2.26. The van der Waals surface area contributed by atoms with Crippen molar-refractivity contribution in [3.63, 3.8) is 0 Å². The number of ether oxygens (including phenoxy) is 1. The second kappa shape index (κ2) is 6.45. The van der Waals surface area contributed by atoms with Gasteiger partial charge in [0.15, 0.2) is 0 Å². The van der Waals surface area contributed by atoms with Crippen LogP contribution in [-0.4, -0.2) is 31.3 Å². The van der Waals surface area contributed by atoms with E-state index in [1.54, 1.807) is 0 Å². The molecule has 0 aromatic heterocycles. The molecule has 0 radical (unpaired) electrons. The number of nitrogens with one attached hydrogen (secondary N) is 1. The molecular weight excluding hydrogens is 240 g/mol. The lowest BCUT2D eigenvalue weighted by molar-refractivity contribution is 0.0510. The van der Waals surface area contributed by atoms with Crippen LogP contribution >= 0.6 is 0 Å². The van der Waals surface area contributed by atoms with Crippen molar-refractivity contribution in [3.05, 3.63) is 30.3 Å². The molecule has 0 unspecified atom stereocenters. The van der Waals surface area contributed by atoms with E-state index in [4.69, 9.17) is 4.74 Å². The number of likely N-dealkylation sites (N-methyl/N-ethyl adjacent to an activating group) is 1. The van der Waals surface area contributed by atoms with Crippen LogP contribution in [0.25, 0.3) is 0 Å². The number of alkyl carbamates (subject to hydrolysis) is 1. The van der Waals surface area contributed by atoms with Crippen molar-refractivity contribution < 1.29 is 9.53 Å². The van der Waals surface area contributed by atoms with E-state index in [0.717, 1.165) is 12.2 Å². The molecule has 1 amide bonds. The van der Waals surface area contributed by atoms with Crippen molar-refractivity contribution in [2.24, 2.45) is 0 Å². The molecule has 0 aliphatic carbocycles. The Morgan fingerprint density at radius 1 is 1.32 bits per heavy atom. The van der Waals surface area contributed by atoms with Crippen LogP contribution < -0.4 is 10.2 Å². The average molecular weight is 264 g/mol. The van der Waals surface area contributed by atoms with E-state index in [1.165, 1.54) is 0 Å². The predicted octanol–water partition coefficient (Wildman–Crippen LogP) is 3.04. The normalized spacial score (nSPS) is 12.7. The Balaban J connectivity index is 2.43. The molecule has 106 valence electrons. The molecule has 1 atom stereocenters. The number of nitrogens with zero attached hydrogens (tertiary/aromatic N) is 1. The molecule has 1 aromatic rings. The molecule has 1 aromatic carbocycles. The fourth-order valence-corrected chi connectivity index (χ4v) is 1.75. The third-order valence-electron chi connectivity index (χ3n) is 2.51. The van der Waals surface area contributed by atoms with Crippen molar-refractivity contribution in [2.75, 3.05) is 18.5 Å². The highest BCUT2D eigenvalue weighted by Crippen LogP contribution is 2.11. The van der Waals surface area contributed by atoms with Gasteiger partial charge in [-0.25, -0.2) is 4.79 Å². The van der Waals surface area contributed by atoms with Crippen molar-refractivity contribution in [1.82, 2.24) is 5.32 Å². The van der Waals surface area contributed by atoms with Gasteiger partial charge in [-0.3, -0.25) is 0 Å². The van der Waals surface area contributed by atoms with Crippen molar-refractivity contribution in [2.45, 2.75) is 39.3 Å². The first-order valence-electron chi connectivity index (χ1n) is 6.53. The van der Waals surface area contributed by atoms with E-state index in [-0.39, 0.29) is 12.1 Å². The largest absolute Gasteiger partial charge is 0.444 e. The van der Waals surface area contributed by atoms with Gasteiger partial charge >= 0.3 is 6.09 Å². The molecule has 0 spiro atoms. The number of anilines is 1. The number of carbonyl (C=O) groups is 1. The lowest BCUT2D eigenvalue weighted by Crippen LogP contribution is -2.43. The van der Waals surface area contributed by atoms with Crippen LogP contribution in [-0.2, 0) is 4.74 Å². The standard InChI is InChI=1S/C15H24N2O2/c1-12(16-14(18)19-15(2,3)4)11-17(5)13-9-7-6-8-10-13/h6-10,12H,11H2,1-5H3,(H,16,18)/t12-/m0/s1. The van der Waals surface area contributed by atoms with Gasteiger partial charge in [-0.2, -0.15) is 0 Å². The molecule has 0 saturated heterocycles. The summed E-state index contributed by atoms with van der Waals surface area (Å²) in [6.45, 7) is 8.25. The number of hydrogen-bond acceptors (Lipinski definition) is 3. The molecule has 4 nitrogen and oxygen atoms in total. The molecule has 0 fully saturated rings. The van der Waals surface area contributed by atoms with Crippen molar-refractivity contribution in [3.8, 4) is 0 Å². The third-order valence-corrected chi connectivity index (χ3v) is 2.51. The highest BCUT2D eigenvalue weighted by atomic mass is 16.6. The first-order valence-corrected chi connectivity index (χ1v) is 6.53. The topological polar surface area (TPSA) is 41.6 Å². The van der Waals surface area contributed by atoms with E-state index in [0.29, 0.717) is 0 Å². The molecule has 0 bridgehead atoms. The molecule has 1 N–H and O–H groups in total. The molecule has 0 saturated carbocycles. The van der Waals surface area contributed by atoms with Crippen LogP contribution in [0.5, 0.6) is 0 Å². The Hall–Kier alpha value is -1.71. The number of carbonyl (C=O) groups excluding carboxylic acids is 1. The van der Waals surface area contributed by atoms with Crippen molar-refractivity contribution in [1.29, 1.82) is 0 Å². The smallest absolute Gasteiger partial charge is 0.407 e.